The lowest BCUT2D eigenvalue weighted by molar-refractivity contribution is -0.0499. The maximum Gasteiger partial charge on any atom is 0.408 e. The fourth-order valence-corrected chi connectivity index (χ4v) is 4.93. The van der Waals surface area contributed by atoms with Crippen molar-refractivity contribution in [3.8, 4) is 0 Å². The minimum Gasteiger partial charge on any atom is -0.444 e. The van der Waals surface area contributed by atoms with Crippen LogP contribution in [0.15, 0.2) is 22.7 Å². The standard InChI is InChI=1S/C19H23BrF2N2O2S/c1-18(2,3)26-17(25)24-15(11-6-8-19(21,22)9-7-11)16-23-13-5-4-12(20)10-14(13)27-16/h4-5,10-11,15H,6-9H2,1-3H3,(H,24,25)/t15-/m0/s1. The van der Waals surface area contributed by atoms with Crippen LogP contribution >= 0.6 is 27.3 Å². The molecule has 0 saturated heterocycles. The SMILES string of the molecule is CC(C)(C)OC(=O)N[C@H](c1nc2ccc(Br)cc2s1)C1CCC(F)(F)CC1. The monoisotopic (exact) mass is 460 g/mol. The summed E-state index contributed by atoms with van der Waals surface area (Å²) < 4.78 is 34.5. The van der Waals surface area contributed by atoms with Crippen LogP contribution in [0.3, 0.4) is 0 Å². The number of halogens is 3. The van der Waals surface area contributed by atoms with Crippen LogP contribution in [-0.4, -0.2) is 22.6 Å². The highest BCUT2D eigenvalue weighted by Crippen LogP contribution is 2.43. The third kappa shape index (κ3) is 5.38. The molecule has 8 heteroatoms. The third-order valence-corrected chi connectivity index (χ3v) is 6.13. The summed E-state index contributed by atoms with van der Waals surface area (Å²) in [6.07, 6.45) is -0.202. The van der Waals surface area contributed by atoms with Gasteiger partial charge >= 0.3 is 6.09 Å². The van der Waals surface area contributed by atoms with Gasteiger partial charge in [0, 0.05) is 17.3 Å². The number of fused-ring (bicyclic) bond motifs is 1. The molecule has 0 radical (unpaired) electrons. The molecule has 3 rings (SSSR count). The van der Waals surface area contributed by atoms with Crippen molar-refractivity contribution in [1.29, 1.82) is 0 Å². The Labute approximate surface area is 169 Å². The molecule has 1 aromatic heterocycles. The first kappa shape index (κ1) is 20.5. The zero-order valence-corrected chi connectivity index (χ0v) is 17.9. The molecule has 1 aromatic carbocycles. The summed E-state index contributed by atoms with van der Waals surface area (Å²) in [4.78, 5) is 17.0. The van der Waals surface area contributed by atoms with E-state index in [0.717, 1.165) is 19.7 Å². The number of benzene rings is 1. The Bertz CT molecular complexity index is 825. The highest BCUT2D eigenvalue weighted by Gasteiger charge is 2.39. The Morgan fingerprint density at radius 2 is 2.04 bits per heavy atom. The van der Waals surface area contributed by atoms with Gasteiger partial charge in [-0.25, -0.2) is 18.6 Å². The topological polar surface area (TPSA) is 51.2 Å². The van der Waals surface area contributed by atoms with Gasteiger partial charge in [0.05, 0.1) is 16.3 Å². The second-order valence-corrected chi connectivity index (χ2v) is 9.96. The average Bonchev–Trinajstić information content (AvgIpc) is 2.94. The molecule has 27 heavy (non-hydrogen) atoms. The lowest BCUT2D eigenvalue weighted by atomic mass is 9.82. The van der Waals surface area contributed by atoms with E-state index in [0.29, 0.717) is 12.8 Å². The molecule has 1 saturated carbocycles. The molecule has 1 fully saturated rings. The van der Waals surface area contributed by atoms with Crippen molar-refractivity contribution >= 4 is 43.6 Å². The summed E-state index contributed by atoms with van der Waals surface area (Å²) in [6, 6.07) is 5.34. The molecule has 1 atom stereocenters. The quantitative estimate of drug-likeness (QED) is 0.572. The first-order valence-electron chi connectivity index (χ1n) is 8.96. The first-order chi connectivity index (χ1) is 12.5. The van der Waals surface area contributed by atoms with E-state index in [1.807, 2.05) is 18.2 Å². The van der Waals surface area contributed by atoms with E-state index in [1.54, 1.807) is 20.8 Å². The molecule has 4 nitrogen and oxygen atoms in total. The van der Waals surface area contributed by atoms with Crippen molar-refractivity contribution in [2.24, 2.45) is 5.92 Å². The molecular formula is C19H23BrF2N2O2S. The van der Waals surface area contributed by atoms with Gasteiger partial charge in [-0.2, -0.15) is 0 Å². The fourth-order valence-electron chi connectivity index (χ4n) is 3.26. The number of hydrogen-bond acceptors (Lipinski definition) is 4. The number of ether oxygens (including phenoxy) is 1. The second kappa shape index (κ2) is 7.62. The zero-order valence-electron chi connectivity index (χ0n) is 15.5. The number of alkyl halides is 2. The van der Waals surface area contributed by atoms with Gasteiger partial charge < -0.3 is 10.1 Å². The van der Waals surface area contributed by atoms with Crippen molar-refractivity contribution < 1.29 is 18.3 Å². The largest absolute Gasteiger partial charge is 0.444 e. The third-order valence-electron chi connectivity index (χ3n) is 4.54. The molecule has 1 aliphatic rings. The van der Waals surface area contributed by atoms with Gasteiger partial charge in [0.25, 0.3) is 0 Å². The van der Waals surface area contributed by atoms with E-state index in [2.05, 4.69) is 26.2 Å². The van der Waals surface area contributed by atoms with Gasteiger partial charge in [0.2, 0.25) is 5.92 Å². The van der Waals surface area contributed by atoms with Crippen LogP contribution in [-0.2, 0) is 4.74 Å². The van der Waals surface area contributed by atoms with Crippen molar-refractivity contribution in [1.82, 2.24) is 10.3 Å². The van der Waals surface area contributed by atoms with Crippen LogP contribution in [0, 0.1) is 5.92 Å². The molecule has 0 spiro atoms. The summed E-state index contributed by atoms with van der Waals surface area (Å²) in [6.45, 7) is 5.37. The van der Waals surface area contributed by atoms with Gasteiger partial charge in [0.1, 0.15) is 10.6 Å². The second-order valence-electron chi connectivity index (χ2n) is 7.98. The number of amides is 1. The molecule has 1 N–H and O–H groups in total. The predicted molar refractivity (Wildman–Crippen MR) is 106 cm³/mol. The van der Waals surface area contributed by atoms with Gasteiger partial charge in [0.15, 0.2) is 0 Å². The first-order valence-corrected chi connectivity index (χ1v) is 10.6. The van der Waals surface area contributed by atoms with E-state index in [-0.39, 0.29) is 18.8 Å². The van der Waals surface area contributed by atoms with E-state index < -0.39 is 23.7 Å². The van der Waals surface area contributed by atoms with Crippen LogP contribution in [0.1, 0.15) is 57.5 Å². The van der Waals surface area contributed by atoms with E-state index >= 15 is 0 Å². The summed E-state index contributed by atoms with van der Waals surface area (Å²) in [5.74, 6) is -2.72. The van der Waals surface area contributed by atoms with Crippen LogP contribution < -0.4 is 5.32 Å². The van der Waals surface area contributed by atoms with Crippen LogP contribution in [0.5, 0.6) is 0 Å². The Balaban J connectivity index is 1.87. The number of carbonyl (C=O) groups excluding carboxylic acids is 1. The maximum absolute atomic E-state index is 13.6. The number of carbonyl (C=O) groups is 1. The summed E-state index contributed by atoms with van der Waals surface area (Å²) in [7, 11) is 0. The van der Waals surface area contributed by atoms with Crippen LogP contribution in [0.25, 0.3) is 10.2 Å². The van der Waals surface area contributed by atoms with E-state index in [1.165, 1.54) is 11.3 Å². The molecule has 148 valence electrons. The highest BCUT2D eigenvalue weighted by molar-refractivity contribution is 9.10. The smallest absolute Gasteiger partial charge is 0.408 e. The summed E-state index contributed by atoms with van der Waals surface area (Å²) in [5, 5.41) is 3.62. The minimum atomic E-state index is -2.62. The molecule has 0 unspecified atom stereocenters. The van der Waals surface area contributed by atoms with Gasteiger partial charge in [-0.3, -0.25) is 0 Å². The molecule has 1 amide bonds. The molecule has 2 aromatic rings. The van der Waals surface area contributed by atoms with Gasteiger partial charge in [-0.05, 0) is 57.7 Å². The number of thiazole rings is 1. The maximum atomic E-state index is 13.6. The molecular weight excluding hydrogens is 438 g/mol. The lowest BCUT2D eigenvalue weighted by Crippen LogP contribution is -2.39. The van der Waals surface area contributed by atoms with Crippen molar-refractivity contribution in [3.63, 3.8) is 0 Å². The van der Waals surface area contributed by atoms with Gasteiger partial charge in [-0.15, -0.1) is 11.3 Å². The van der Waals surface area contributed by atoms with Crippen molar-refractivity contribution in [2.45, 2.75) is 64.0 Å². The molecule has 0 bridgehead atoms. The number of nitrogens with one attached hydrogen (secondary N) is 1. The van der Waals surface area contributed by atoms with Crippen LogP contribution in [0.2, 0.25) is 0 Å². The Morgan fingerprint density at radius 1 is 1.37 bits per heavy atom. The summed E-state index contributed by atoms with van der Waals surface area (Å²) >= 11 is 4.92. The Morgan fingerprint density at radius 3 is 2.67 bits per heavy atom. The summed E-state index contributed by atoms with van der Waals surface area (Å²) in [5.41, 5.74) is 0.197. The number of rotatable bonds is 3. The van der Waals surface area contributed by atoms with Gasteiger partial charge in [-0.1, -0.05) is 15.9 Å². The van der Waals surface area contributed by atoms with Crippen molar-refractivity contribution in [2.75, 3.05) is 0 Å². The van der Waals surface area contributed by atoms with E-state index in [4.69, 9.17) is 4.74 Å². The average molecular weight is 461 g/mol. The minimum absolute atomic E-state index is 0.0962. The number of aromatic nitrogens is 1. The molecule has 1 aliphatic carbocycles. The normalized spacial score (nSPS) is 19.0. The Hall–Kier alpha value is -1.28. The number of nitrogens with zero attached hydrogens (tertiary/aromatic N) is 1. The lowest BCUT2D eigenvalue weighted by Gasteiger charge is -2.33. The number of alkyl carbamates (subject to hydrolysis) is 1. The molecule has 0 aliphatic heterocycles. The molecule has 1 heterocycles. The van der Waals surface area contributed by atoms with E-state index in [9.17, 15) is 13.6 Å². The van der Waals surface area contributed by atoms with Crippen molar-refractivity contribution in [3.05, 3.63) is 27.7 Å². The van der Waals surface area contributed by atoms with Crippen LogP contribution in [0.4, 0.5) is 13.6 Å². The highest BCUT2D eigenvalue weighted by atomic mass is 79.9. The zero-order chi connectivity index (χ0) is 19.8. The predicted octanol–water partition coefficient (Wildman–Crippen LogP) is 6.45. The fraction of sp³-hybridized carbons (Fsp3) is 0.579. The number of hydrogen-bond donors (Lipinski definition) is 1. The Kier molecular flexibility index (Phi) is 5.77.